The average molecular weight is 484 g/mol. The molecule has 0 fully saturated rings. The van der Waals surface area contributed by atoms with Crippen molar-refractivity contribution < 1.29 is 8.42 Å². The van der Waals surface area contributed by atoms with Gasteiger partial charge in [-0.05, 0) is 32.3 Å². The molecule has 0 saturated heterocycles. The third kappa shape index (κ3) is 11.2. The number of nitrogens with one attached hydrogen (secondary N) is 2. The lowest BCUT2D eigenvalue weighted by atomic mass is 10.2. The van der Waals surface area contributed by atoms with E-state index in [-0.39, 0.29) is 41.3 Å². The molecule has 1 atom stereocenters. The molecule has 1 heterocycles. The Morgan fingerprint density at radius 3 is 2.64 bits per heavy atom. The van der Waals surface area contributed by atoms with Crippen molar-refractivity contribution in [3.8, 4) is 0 Å². The molecule has 1 rings (SSSR count). The Bertz CT molecular complexity index is 689. The summed E-state index contributed by atoms with van der Waals surface area (Å²) in [5.74, 6) is 0.817. The van der Waals surface area contributed by atoms with Gasteiger partial charge in [0.05, 0.1) is 5.75 Å². The number of hydrogen-bond acceptors (Lipinski definition) is 4. The van der Waals surface area contributed by atoms with Crippen LogP contribution in [0.5, 0.6) is 0 Å². The van der Waals surface area contributed by atoms with Gasteiger partial charge in [0.1, 0.15) is 9.84 Å². The first-order valence-electron chi connectivity index (χ1n) is 8.12. The lowest BCUT2D eigenvalue weighted by Gasteiger charge is -2.17. The van der Waals surface area contributed by atoms with Crippen LogP contribution in [-0.2, 0) is 16.4 Å². The fraction of sp³-hybridized carbons (Fsp3) is 0.625. The normalized spacial score (nSPS) is 13.0. The Hall–Kier alpha value is -1.10. The van der Waals surface area contributed by atoms with Crippen LogP contribution in [0.15, 0.2) is 34.2 Å². The zero-order chi connectivity index (χ0) is 18.0. The van der Waals surface area contributed by atoms with Crippen molar-refractivity contribution in [2.75, 3.05) is 25.6 Å². The van der Waals surface area contributed by atoms with E-state index in [2.05, 4.69) is 15.6 Å². The maximum Gasteiger partial charge on any atom is 0.250 e. The van der Waals surface area contributed by atoms with E-state index in [9.17, 15) is 13.2 Å². The van der Waals surface area contributed by atoms with Crippen LogP contribution in [0.2, 0.25) is 0 Å². The summed E-state index contributed by atoms with van der Waals surface area (Å²) in [7, 11) is -1.26. The molecule has 0 saturated carbocycles. The third-order valence-electron chi connectivity index (χ3n) is 3.55. The molecule has 25 heavy (non-hydrogen) atoms. The average Bonchev–Trinajstić information content (AvgIpc) is 2.52. The van der Waals surface area contributed by atoms with Crippen LogP contribution in [-0.4, -0.2) is 50.6 Å². The quantitative estimate of drug-likeness (QED) is 0.238. The highest BCUT2D eigenvalue weighted by atomic mass is 127. The van der Waals surface area contributed by atoms with E-state index in [1.54, 1.807) is 29.9 Å². The number of rotatable bonds is 9. The van der Waals surface area contributed by atoms with Gasteiger partial charge in [-0.25, -0.2) is 8.42 Å². The van der Waals surface area contributed by atoms with Crippen molar-refractivity contribution in [1.82, 2.24) is 15.2 Å². The van der Waals surface area contributed by atoms with Crippen molar-refractivity contribution in [3.63, 3.8) is 0 Å². The second-order valence-corrected chi connectivity index (χ2v) is 8.16. The molecule has 0 aliphatic carbocycles. The van der Waals surface area contributed by atoms with E-state index in [1.165, 1.54) is 6.26 Å². The summed E-state index contributed by atoms with van der Waals surface area (Å²) in [6.45, 7) is 3.36. The lowest BCUT2D eigenvalue weighted by Crippen LogP contribution is -2.43. The van der Waals surface area contributed by atoms with E-state index in [4.69, 9.17) is 0 Å². The van der Waals surface area contributed by atoms with Crippen LogP contribution in [0.25, 0.3) is 0 Å². The van der Waals surface area contributed by atoms with Gasteiger partial charge in [-0.15, -0.1) is 24.0 Å². The molecule has 0 aliphatic heterocycles. The first-order valence-corrected chi connectivity index (χ1v) is 10.2. The van der Waals surface area contributed by atoms with Gasteiger partial charge >= 0.3 is 0 Å². The highest BCUT2D eigenvalue weighted by Gasteiger charge is 2.09. The molecule has 0 aliphatic rings. The predicted octanol–water partition coefficient (Wildman–Crippen LogP) is 1.23. The van der Waals surface area contributed by atoms with Gasteiger partial charge in [-0.2, -0.15) is 0 Å². The molecule has 0 amide bonds. The molecule has 0 radical (unpaired) electrons. The Balaban J connectivity index is 0.00000576. The summed E-state index contributed by atoms with van der Waals surface area (Å²) in [5.41, 5.74) is 0.0163. The molecular weight excluding hydrogens is 455 g/mol. The number of unbranched alkanes of at least 4 members (excludes halogenated alkanes) is 1. The smallest absolute Gasteiger partial charge is 0.250 e. The van der Waals surface area contributed by atoms with Crippen LogP contribution in [0, 0.1) is 0 Å². The number of aryl methyl sites for hydroxylation is 1. The highest BCUT2D eigenvalue weighted by molar-refractivity contribution is 14.0. The Kier molecular flexibility index (Phi) is 11.7. The zero-order valence-corrected chi connectivity index (χ0v) is 18.2. The van der Waals surface area contributed by atoms with Gasteiger partial charge < -0.3 is 15.2 Å². The lowest BCUT2D eigenvalue weighted by molar-refractivity contribution is 0.571. The summed E-state index contributed by atoms with van der Waals surface area (Å²) in [6.07, 6.45) is 5.36. The molecule has 1 aromatic rings. The molecule has 9 heteroatoms. The minimum absolute atomic E-state index is 0. The zero-order valence-electron chi connectivity index (χ0n) is 15.1. The number of guanidine groups is 1. The standard InChI is InChI=1S/C16H28N4O3S.HI/c1-14(9-13-24(3,22)23)19-16(17-2)18-10-5-7-12-20-11-6-4-8-15(20)21;/h4,6,8,11,14H,5,7,9-10,12-13H2,1-3H3,(H2,17,18,19);1H. The molecule has 0 bridgehead atoms. The fourth-order valence-corrected chi connectivity index (χ4v) is 2.93. The Labute approximate surface area is 167 Å². The Morgan fingerprint density at radius 1 is 1.32 bits per heavy atom. The minimum Gasteiger partial charge on any atom is -0.356 e. The van der Waals surface area contributed by atoms with Gasteiger partial charge in [-0.1, -0.05) is 6.07 Å². The number of aliphatic imine (C=N–C) groups is 1. The van der Waals surface area contributed by atoms with Crippen LogP contribution >= 0.6 is 24.0 Å². The summed E-state index contributed by atoms with van der Waals surface area (Å²) < 4.78 is 24.1. The van der Waals surface area contributed by atoms with Crippen molar-refractivity contribution in [2.45, 2.75) is 38.8 Å². The van der Waals surface area contributed by atoms with Gasteiger partial charge in [0.25, 0.3) is 0 Å². The first kappa shape index (κ1) is 23.9. The molecule has 1 aromatic heterocycles. The first-order chi connectivity index (χ1) is 11.3. The molecular formula is C16H29IN4O3S. The van der Waals surface area contributed by atoms with Crippen LogP contribution in [0.1, 0.15) is 26.2 Å². The van der Waals surface area contributed by atoms with E-state index in [1.807, 2.05) is 13.0 Å². The van der Waals surface area contributed by atoms with Crippen LogP contribution < -0.4 is 16.2 Å². The monoisotopic (exact) mass is 484 g/mol. The number of aromatic nitrogens is 1. The molecule has 0 aromatic carbocycles. The fourth-order valence-electron chi connectivity index (χ4n) is 2.15. The number of nitrogens with zero attached hydrogens (tertiary/aromatic N) is 2. The van der Waals surface area contributed by atoms with E-state index in [0.717, 1.165) is 19.4 Å². The molecule has 1 unspecified atom stereocenters. The summed E-state index contributed by atoms with van der Waals surface area (Å²) in [5, 5.41) is 6.38. The largest absolute Gasteiger partial charge is 0.356 e. The predicted molar refractivity (Wildman–Crippen MR) is 114 cm³/mol. The van der Waals surface area contributed by atoms with Crippen molar-refractivity contribution in [1.29, 1.82) is 0 Å². The van der Waals surface area contributed by atoms with E-state index >= 15 is 0 Å². The molecule has 144 valence electrons. The minimum atomic E-state index is -2.94. The number of hydrogen-bond donors (Lipinski definition) is 2. The van der Waals surface area contributed by atoms with Crippen molar-refractivity contribution in [3.05, 3.63) is 34.7 Å². The van der Waals surface area contributed by atoms with Crippen molar-refractivity contribution in [2.24, 2.45) is 4.99 Å². The second kappa shape index (κ2) is 12.3. The van der Waals surface area contributed by atoms with Crippen LogP contribution in [0.3, 0.4) is 0 Å². The molecule has 2 N–H and O–H groups in total. The SMILES string of the molecule is CN=C(NCCCCn1ccccc1=O)NC(C)CCS(C)(=O)=O.I. The molecule has 0 spiro atoms. The topological polar surface area (TPSA) is 92.6 Å². The highest BCUT2D eigenvalue weighted by Crippen LogP contribution is 1.96. The van der Waals surface area contributed by atoms with Gasteiger partial charge in [0.15, 0.2) is 5.96 Å². The van der Waals surface area contributed by atoms with Gasteiger partial charge in [0.2, 0.25) is 5.56 Å². The van der Waals surface area contributed by atoms with Gasteiger partial charge in [-0.3, -0.25) is 9.79 Å². The Morgan fingerprint density at radius 2 is 2.04 bits per heavy atom. The molecule has 7 nitrogen and oxygen atoms in total. The van der Waals surface area contributed by atoms with Gasteiger partial charge in [0, 0.05) is 44.7 Å². The summed E-state index contributed by atoms with van der Waals surface area (Å²) in [6, 6.07) is 5.17. The summed E-state index contributed by atoms with van der Waals surface area (Å²) >= 11 is 0. The number of pyridine rings is 1. The third-order valence-corrected chi connectivity index (χ3v) is 4.52. The maximum absolute atomic E-state index is 11.6. The number of sulfone groups is 1. The van der Waals surface area contributed by atoms with E-state index in [0.29, 0.717) is 18.9 Å². The summed E-state index contributed by atoms with van der Waals surface area (Å²) in [4.78, 5) is 15.7. The second-order valence-electron chi connectivity index (χ2n) is 5.90. The van der Waals surface area contributed by atoms with E-state index < -0.39 is 9.84 Å². The van der Waals surface area contributed by atoms with Crippen LogP contribution in [0.4, 0.5) is 0 Å². The number of halogens is 1. The van der Waals surface area contributed by atoms with Crippen molar-refractivity contribution >= 4 is 39.8 Å². The maximum atomic E-state index is 11.6.